The summed E-state index contributed by atoms with van der Waals surface area (Å²) >= 11 is 23.8. The van der Waals surface area contributed by atoms with Crippen molar-refractivity contribution in [3.8, 4) is 11.1 Å². The topological polar surface area (TPSA) is 81.3 Å². The van der Waals surface area contributed by atoms with Gasteiger partial charge in [-0.3, -0.25) is 0 Å². The van der Waals surface area contributed by atoms with E-state index in [1.165, 1.54) is 0 Å². The fraction of sp³-hybridized carbons (Fsp3) is 0. The van der Waals surface area contributed by atoms with Gasteiger partial charge in [0.1, 0.15) is 5.69 Å². The highest BCUT2D eigenvalue weighted by Crippen LogP contribution is 2.49. The molecule has 0 atom stereocenters. The van der Waals surface area contributed by atoms with Crippen LogP contribution in [0.1, 0.15) is 0 Å². The lowest BCUT2D eigenvalue weighted by molar-refractivity contribution is 1.54. The molecule has 6 N–H and O–H groups in total. The number of hydrogen-bond donors (Lipinski definition) is 3. The molecule has 8 heteroatoms. The molecule has 2 rings (SSSR count). The molecule has 20 heavy (non-hydrogen) atoms. The second kappa shape index (κ2) is 5.66. The maximum absolute atomic E-state index is 6.25. The van der Waals surface area contributed by atoms with Gasteiger partial charge >= 0.3 is 0 Å². The van der Waals surface area contributed by atoms with Gasteiger partial charge in [0.05, 0.1) is 21.4 Å². The third-order valence-electron chi connectivity index (χ3n) is 2.80. The number of hydrogen-bond acceptors (Lipinski definition) is 4. The third kappa shape index (κ3) is 2.52. The van der Waals surface area contributed by atoms with Gasteiger partial charge in [-0.25, -0.2) is 0 Å². The monoisotopic (exact) mass is 350 g/mol. The zero-order valence-corrected chi connectivity index (χ0v) is 13.0. The van der Waals surface area contributed by atoms with Crippen molar-refractivity contribution in [3.05, 3.63) is 34.3 Å². The van der Waals surface area contributed by atoms with Gasteiger partial charge in [-0.15, -0.1) is 0 Å². The van der Waals surface area contributed by atoms with Gasteiger partial charge in [-0.05, 0) is 17.7 Å². The summed E-state index contributed by atoms with van der Waals surface area (Å²) in [5, 5.41) is 0.333. The SMILES string of the molecule is Nc1ccc(-c2c(N)c(N)c(N(Cl)Cl)c(Cl)c2Cl)cc1. The van der Waals surface area contributed by atoms with Crippen molar-refractivity contribution < 1.29 is 0 Å². The van der Waals surface area contributed by atoms with Crippen LogP contribution in [0, 0.1) is 0 Å². The highest BCUT2D eigenvalue weighted by Gasteiger charge is 2.22. The van der Waals surface area contributed by atoms with Gasteiger partial charge in [-0.2, -0.15) is 3.94 Å². The second-order valence-corrected chi connectivity index (χ2v) is 5.64. The van der Waals surface area contributed by atoms with Crippen LogP contribution in [0.5, 0.6) is 0 Å². The summed E-state index contributed by atoms with van der Waals surface area (Å²) in [7, 11) is 0. The average molecular weight is 352 g/mol. The van der Waals surface area contributed by atoms with Crippen molar-refractivity contribution in [1.29, 1.82) is 0 Å². The summed E-state index contributed by atoms with van der Waals surface area (Å²) in [5.41, 5.74) is 20.0. The summed E-state index contributed by atoms with van der Waals surface area (Å²) < 4.78 is 0.729. The van der Waals surface area contributed by atoms with Gasteiger partial charge in [0.2, 0.25) is 0 Å². The Morgan fingerprint density at radius 1 is 0.800 bits per heavy atom. The normalized spacial score (nSPS) is 10.6. The predicted molar refractivity (Wildman–Crippen MR) is 89.3 cm³/mol. The van der Waals surface area contributed by atoms with Crippen LogP contribution >= 0.6 is 46.8 Å². The molecule has 0 aliphatic heterocycles. The van der Waals surface area contributed by atoms with Crippen molar-refractivity contribution in [2.75, 3.05) is 21.1 Å². The summed E-state index contributed by atoms with van der Waals surface area (Å²) in [5.74, 6) is 0. The minimum absolute atomic E-state index is 0.121. The summed E-state index contributed by atoms with van der Waals surface area (Å²) in [6.45, 7) is 0. The second-order valence-electron chi connectivity index (χ2n) is 4.03. The predicted octanol–water partition coefficient (Wildman–Crippen LogP) is 4.52. The molecular formula is C12H10Cl4N4. The van der Waals surface area contributed by atoms with Crippen LogP contribution in [0.3, 0.4) is 0 Å². The molecule has 0 aliphatic carbocycles. The zero-order chi connectivity index (χ0) is 15.0. The molecule has 0 bridgehead atoms. The van der Waals surface area contributed by atoms with Crippen LogP contribution in [0.4, 0.5) is 22.7 Å². The van der Waals surface area contributed by atoms with E-state index in [4.69, 9.17) is 64.0 Å². The minimum atomic E-state index is 0.121. The van der Waals surface area contributed by atoms with Gasteiger partial charge in [-0.1, -0.05) is 35.3 Å². The molecule has 0 unspecified atom stereocenters. The summed E-state index contributed by atoms with van der Waals surface area (Å²) in [4.78, 5) is 0. The first-order valence-corrected chi connectivity index (χ1v) is 6.81. The van der Waals surface area contributed by atoms with Crippen molar-refractivity contribution in [3.63, 3.8) is 0 Å². The Morgan fingerprint density at radius 2 is 1.35 bits per heavy atom. The van der Waals surface area contributed by atoms with Crippen LogP contribution in [0.2, 0.25) is 10.0 Å². The van der Waals surface area contributed by atoms with E-state index >= 15 is 0 Å². The first kappa shape index (κ1) is 15.2. The maximum atomic E-state index is 6.25. The maximum Gasteiger partial charge on any atom is 0.116 e. The number of benzene rings is 2. The first-order valence-electron chi connectivity index (χ1n) is 5.38. The smallest absolute Gasteiger partial charge is 0.116 e. The van der Waals surface area contributed by atoms with Crippen LogP contribution in [-0.4, -0.2) is 0 Å². The Balaban J connectivity index is 2.75. The fourth-order valence-corrected chi connectivity index (χ4v) is 2.83. The molecule has 0 saturated heterocycles. The number of rotatable bonds is 2. The van der Waals surface area contributed by atoms with Gasteiger partial charge < -0.3 is 17.2 Å². The number of nitrogens with two attached hydrogens (primary N) is 3. The molecule has 2 aromatic rings. The molecule has 4 nitrogen and oxygen atoms in total. The van der Waals surface area contributed by atoms with E-state index in [9.17, 15) is 0 Å². The Bertz CT molecular complexity index is 626. The molecular weight excluding hydrogens is 342 g/mol. The van der Waals surface area contributed by atoms with Crippen LogP contribution in [-0.2, 0) is 0 Å². The van der Waals surface area contributed by atoms with E-state index in [0.717, 1.165) is 9.50 Å². The lowest BCUT2D eigenvalue weighted by Gasteiger charge is -2.19. The third-order valence-corrected chi connectivity index (χ3v) is 3.98. The molecule has 0 aromatic heterocycles. The zero-order valence-electron chi connectivity index (χ0n) is 10.0. The van der Waals surface area contributed by atoms with Crippen LogP contribution in [0.15, 0.2) is 24.3 Å². The summed E-state index contributed by atoms with van der Waals surface area (Å²) in [6.07, 6.45) is 0. The number of anilines is 4. The average Bonchev–Trinajstić information content (AvgIpc) is 2.39. The Morgan fingerprint density at radius 3 is 1.85 bits per heavy atom. The minimum Gasteiger partial charge on any atom is -0.399 e. The molecule has 106 valence electrons. The molecule has 0 amide bonds. The summed E-state index contributed by atoms with van der Waals surface area (Å²) in [6, 6.07) is 6.97. The van der Waals surface area contributed by atoms with E-state index in [-0.39, 0.29) is 27.1 Å². The lowest BCUT2D eigenvalue weighted by atomic mass is 10.0. The van der Waals surface area contributed by atoms with Crippen molar-refractivity contribution in [2.45, 2.75) is 0 Å². The van der Waals surface area contributed by atoms with Crippen LogP contribution in [0.25, 0.3) is 11.1 Å². The molecule has 0 heterocycles. The molecule has 0 spiro atoms. The molecule has 2 aromatic carbocycles. The van der Waals surface area contributed by atoms with Crippen LogP contribution < -0.4 is 21.1 Å². The molecule has 0 radical (unpaired) electrons. The van der Waals surface area contributed by atoms with Gasteiger partial charge in [0.15, 0.2) is 0 Å². The molecule has 0 saturated carbocycles. The highest BCUT2D eigenvalue weighted by atomic mass is 35.5. The fourth-order valence-electron chi connectivity index (χ4n) is 1.81. The van der Waals surface area contributed by atoms with Crippen molar-refractivity contribution >= 4 is 69.5 Å². The van der Waals surface area contributed by atoms with E-state index in [1.54, 1.807) is 24.3 Å². The quantitative estimate of drug-likeness (QED) is 0.548. The molecule has 0 fully saturated rings. The van der Waals surface area contributed by atoms with E-state index in [1.807, 2.05) is 0 Å². The van der Waals surface area contributed by atoms with Crippen molar-refractivity contribution in [2.24, 2.45) is 0 Å². The first-order chi connectivity index (χ1) is 9.34. The number of nitrogens with zero attached hydrogens (tertiary/aromatic N) is 1. The van der Waals surface area contributed by atoms with E-state index < -0.39 is 0 Å². The largest absolute Gasteiger partial charge is 0.399 e. The van der Waals surface area contributed by atoms with Crippen molar-refractivity contribution in [1.82, 2.24) is 0 Å². The Labute approximate surface area is 136 Å². The number of halogens is 4. The number of nitrogen functional groups attached to an aromatic ring is 3. The molecule has 0 aliphatic rings. The lowest BCUT2D eigenvalue weighted by Crippen LogP contribution is -2.05. The highest BCUT2D eigenvalue weighted by molar-refractivity contribution is 6.54. The van der Waals surface area contributed by atoms with E-state index in [2.05, 4.69) is 0 Å². The van der Waals surface area contributed by atoms with E-state index in [0.29, 0.717) is 11.3 Å². The van der Waals surface area contributed by atoms with Gasteiger partial charge in [0, 0.05) is 34.8 Å². The Kier molecular flexibility index (Phi) is 4.30. The standard InChI is InChI=1S/C12H10Cl4N4/c13-8-7(5-1-3-6(17)4-2-5)10(18)11(19)12(9(8)14)20(15)16/h1-4H,17-19H2. The van der Waals surface area contributed by atoms with Gasteiger partial charge in [0.25, 0.3) is 0 Å². The Hall–Kier alpha value is -1.20.